The van der Waals surface area contributed by atoms with E-state index in [0.29, 0.717) is 18.3 Å². The number of amides is 1. The zero-order valence-corrected chi connectivity index (χ0v) is 11.6. The van der Waals surface area contributed by atoms with Gasteiger partial charge in [-0.2, -0.15) is 0 Å². The highest BCUT2D eigenvalue weighted by molar-refractivity contribution is 7.18. The largest absolute Gasteiger partial charge is 0.390 e. The maximum absolute atomic E-state index is 12.8. The molecule has 5 N–H and O–H groups in total. The molecule has 0 atom stereocenters. The van der Waals surface area contributed by atoms with Crippen LogP contribution in [-0.2, 0) is 4.74 Å². The van der Waals surface area contributed by atoms with Crippen molar-refractivity contribution in [1.82, 2.24) is 10.3 Å². The fourth-order valence-electron chi connectivity index (χ4n) is 1.18. The van der Waals surface area contributed by atoms with Crippen LogP contribution in [0.15, 0.2) is 0 Å². The van der Waals surface area contributed by atoms with E-state index >= 15 is 0 Å². The Bertz CT molecular complexity index is 456. The number of aromatic nitrogens is 1. The number of hydrogen-bond donors (Lipinski definition) is 4. The Hall–Kier alpha value is -1.52. The minimum absolute atomic E-state index is 0.0404. The molecule has 7 nitrogen and oxygen atoms in total. The fraction of sp³-hybridized carbons (Fsp3) is 0.600. The predicted octanol–water partition coefficient (Wildman–Crippen LogP) is 0.141. The van der Waals surface area contributed by atoms with Gasteiger partial charge in [0.25, 0.3) is 11.8 Å². The van der Waals surface area contributed by atoms with Gasteiger partial charge in [-0.3, -0.25) is 4.79 Å². The van der Waals surface area contributed by atoms with Gasteiger partial charge in [-0.15, -0.1) is 0 Å². The van der Waals surface area contributed by atoms with E-state index in [-0.39, 0.29) is 10.7 Å². The molecule has 0 aromatic carbocycles. The normalized spacial score (nSPS) is 11.4. The van der Waals surface area contributed by atoms with E-state index in [9.17, 15) is 13.6 Å². The molecule has 0 fully saturated rings. The van der Waals surface area contributed by atoms with E-state index in [1.54, 1.807) is 0 Å². The Morgan fingerprint density at radius 1 is 1.60 bits per heavy atom. The number of alkyl halides is 2. The molecule has 1 amide bonds. The van der Waals surface area contributed by atoms with Gasteiger partial charge in [-0.05, 0) is 0 Å². The van der Waals surface area contributed by atoms with E-state index < -0.39 is 25.0 Å². The van der Waals surface area contributed by atoms with Gasteiger partial charge in [-0.1, -0.05) is 11.3 Å². The Kier molecular flexibility index (Phi) is 6.05. The van der Waals surface area contributed by atoms with Crippen molar-refractivity contribution in [2.75, 3.05) is 44.5 Å². The molecular formula is C10H16F2N4O3S. The first kappa shape index (κ1) is 16.5. The molecule has 0 radical (unpaired) electrons. The van der Waals surface area contributed by atoms with Gasteiger partial charge >= 0.3 is 0 Å². The van der Waals surface area contributed by atoms with Gasteiger partial charge in [0.1, 0.15) is 17.3 Å². The van der Waals surface area contributed by atoms with E-state index in [2.05, 4.69) is 10.3 Å². The van der Waals surface area contributed by atoms with Gasteiger partial charge in [0.05, 0.1) is 13.2 Å². The summed E-state index contributed by atoms with van der Waals surface area (Å²) < 4.78 is 30.4. The molecule has 20 heavy (non-hydrogen) atoms. The molecule has 0 saturated heterocycles. The minimum Gasteiger partial charge on any atom is -0.390 e. The number of nitrogens with one attached hydrogen (secondary N) is 2. The van der Waals surface area contributed by atoms with Crippen molar-refractivity contribution in [3.8, 4) is 0 Å². The standard InChI is InChI=1S/C10H16F2N4O3S/c1-19-3-2-14-9-16-7(13)6(20-9)8(18)15-4-10(11,12)5-17/h17H,2-5,13H2,1H3,(H,14,16)(H,15,18). The van der Waals surface area contributed by atoms with Crippen LogP contribution in [0, 0.1) is 0 Å². The second kappa shape index (κ2) is 7.31. The molecule has 0 aliphatic rings. The minimum atomic E-state index is -3.37. The monoisotopic (exact) mass is 310 g/mol. The van der Waals surface area contributed by atoms with Crippen molar-refractivity contribution < 1.29 is 23.4 Å². The maximum Gasteiger partial charge on any atom is 0.287 e. The first-order chi connectivity index (χ1) is 9.39. The summed E-state index contributed by atoms with van der Waals surface area (Å²) in [4.78, 5) is 15.6. The highest BCUT2D eigenvalue weighted by Crippen LogP contribution is 2.24. The summed E-state index contributed by atoms with van der Waals surface area (Å²) in [7, 11) is 1.54. The maximum atomic E-state index is 12.8. The number of anilines is 2. The van der Waals surface area contributed by atoms with Gasteiger partial charge in [0, 0.05) is 13.7 Å². The quantitative estimate of drug-likeness (QED) is 0.509. The molecule has 1 aromatic rings. The van der Waals surface area contributed by atoms with E-state index in [4.69, 9.17) is 15.6 Å². The van der Waals surface area contributed by atoms with Crippen LogP contribution in [0.4, 0.5) is 19.7 Å². The first-order valence-electron chi connectivity index (χ1n) is 5.65. The van der Waals surface area contributed by atoms with Crippen molar-refractivity contribution in [2.24, 2.45) is 0 Å². The average Bonchev–Trinajstić information content (AvgIpc) is 2.78. The van der Waals surface area contributed by atoms with Crippen molar-refractivity contribution in [2.45, 2.75) is 5.92 Å². The number of hydrogen-bond acceptors (Lipinski definition) is 7. The Labute approximate surface area is 118 Å². The number of aliphatic hydroxyl groups is 1. The number of halogens is 2. The number of ether oxygens (including phenoxy) is 1. The molecule has 0 saturated carbocycles. The van der Waals surface area contributed by atoms with Crippen LogP contribution in [-0.4, -0.2) is 55.3 Å². The molecule has 1 rings (SSSR count). The second-order valence-electron chi connectivity index (χ2n) is 3.85. The molecule has 0 bridgehead atoms. The summed E-state index contributed by atoms with van der Waals surface area (Å²) in [5.74, 6) is -4.16. The SMILES string of the molecule is COCCNc1nc(N)c(C(=O)NCC(F)(F)CO)s1. The number of carbonyl (C=O) groups excluding carboxylic acids is 1. The molecule has 1 aromatic heterocycles. The number of nitrogens with zero attached hydrogens (tertiary/aromatic N) is 1. The first-order valence-corrected chi connectivity index (χ1v) is 6.47. The lowest BCUT2D eigenvalue weighted by Gasteiger charge is -2.13. The van der Waals surface area contributed by atoms with E-state index in [1.165, 1.54) is 7.11 Å². The summed E-state index contributed by atoms with van der Waals surface area (Å²) in [5.41, 5.74) is 5.55. The molecule has 114 valence electrons. The number of carbonyl (C=O) groups is 1. The molecule has 0 unspecified atom stereocenters. The fourth-order valence-corrected chi connectivity index (χ4v) is 2.00. The number of thiazole rings is 1. The van der Waals surface area contributed by atoms with Crippen LogP contribution in [0.25, 0.3) is 0 Å². The van der Waals surface area contributed by atoms with Crippen LogP contribution in [0.3, 0.4) is 0 Å². The number of nitrogen functional groups attached to an aromatic ring is 1. The smallest absolute Gasteiger partial charge is 0.287 e. The Morgan fingerprint density at radius 2 is 2.30 bits per heavy atom. The van der Waals surface area contributed by atoms with Crippen molar-refractivity contribution in [1.29, 1.82) is 0 Å². The lowest BCUT2D eigenvalue weighted by Crippen LogP contribution is -2.38. The molecule has 0 spiro atoms. The molecule has 0 aliphatic heterocycles. The molecular weight excluding hydrogens is 294 g/mol. The summed E-state index contributed by atoms with van der Waals surface area (Å²) in [6.45, 7) is -1.38. The number of methoxy groups -OCH3 is 1. The molecule has 1 heterocycles. The second-order valence-corrected chi connectivity index (χ2v) is 4.85. The van der Waals surface area contributed by atoms with Crippen LogP contribution >= 0.6 is 11.3 Å². The van der Waals surface area contributed by atoms with Gasteiger partial charge < -0.3 is 26.2 Å². The number of aliphatic hydroxyl groups excluding tert-OH is 1. The van der Waals surface area contributed by atoms with E-state index in [0.717, 1.165) is 11.3 Å². The predicted molar refractivity (Wildman–Crippen MR) is 71.3 cm³/mol. The summed E-state index contributed by atoms with van der Waals surface area (Å²) >= 11 is 0.954. The van der Waals surface area contributed by atoms with Crippen LogP contribution in [0.1, 0.15) is 9.67 Å². The van der Waals surface area contributed by atoms with Crippen LogP contribution in [0.5, 0.6) is 0 Å². The third-order valence-corrected chi connectivity index (χ3v) is 3.21. The zero-order chi connectivity index (χ0) is 15.2. The lowest BCUT2D eigenvalue weighted by atomic mass is 10.3. The summed E-state index contributed by atoms with van der Waals surface area (Å²) in [6.07, 6.45) is 0. The van der Waals surface area contributed by atoms with Gasteiger partial charge in [0.2, 0.25) is 0 Å². The summed E-state index contributed by atoms with van der Waals surface area (Å²) in [5, 5.41) is 13.7. The lowest BCUT2D eigenvalue weighted by molar-refractivity contribution is -0.0461. The third-order valence-electron chi connectivity index (χ3n) is 2.18. The van der Waals surface area contributed by atoms with Crippen LogP contribution < -0.4 is 16.4 Å². The van der Waals surface area contributed by atoms with Crippen LogP contribution in [0.2, 0.25) is 0 Å². The highest BCUT2D eigenvalue weighted by atomic mass is 32.1. The van der Waals surface area contributed by atoms with Crippen molar-refractivity contribution >= 4 is 28.2 Å². The summed E-state index contributed by atoms with van der Waals surface area (Å²) in [6, 6.07) is 0. The zero-order valence-electron chi connectivity index (χ0n) is 10.8. The molecule has 0 aliphatic carbocycles. The van der Waals surface area contributed by atoms with Gasteiger partial charge in [0.15, 0.2) is 5.13 Å². The van der Waals surface area contributed by atoms with Gasteiger partial charge in [-0.25, -0.2) is 13.8 Å². The Balaban J connectivity index is 2.60. The van der Waals surface area contributed by atoms with Crippen molar-refractivity contribution in [3.05, 3.63) is 4.88 Å². The number of rotatable bonds is 8. The Morgan fingerprint density at radius 3 is 2.90 bits per heavy atom. The third kappa shape index (κ3) is 4.87. The average molecular weight is 310 g/mol. The number of nitrogens with two attached hydrogens (primary N) is 1. The van der Waals surface area contributed by atoms with E-state index in [1.807, 2.05) is 5.32 Å². The topological polar surface area (TPSA) is 110 Å². The molecule has 10 heteroatoms. The highest BCUT2D eigenvalue weighted by Gasteiger charge is 2.29. The van der Waals surface area contributed by atoms with Crippen molar-refractivity contribution in [3.63, 3.8) is 0 Å².